The first-order chi connectivity index (χ1) is 10.8. The number of phenolic OH excluding ortho intramolecular Hbond substituents is 1. The van der Waals surface area contributed by atoms with E-state index in [-0.39, 0.29) is 18.3 Å². The number of aromatic hydroxyl groups is 1. The van der Waals surface area contributed by atoms with E-state index >= 15 is 0 Å². The van der Waals surface area contributed by atoms with Crippen molar-refractivity contribution in [3.8, 4) is 11.5 Å². The van der Waals surface area contributed by atoms with E-state index in [0.717, 1.165) is 11.1 Å². The molecule has 1 amide bonds. The Labute approximate surface area is 148 Å². The van der Waals surface area contributed by atoms with E-state index in [4.69, 9.17) is 16.3 Å². The minimum absolute atomic E-state index is 0.152. The minimum atomic E-state index is -0.307. The van der Waals surface area contributed by atoms with Crippen LogP contribution in [0.25, 0.3) is 0 Å². The molecule has 0 heterocycles. The molecule has 2 rings (SSSR count). The molecule has 0 radical (unpaired) electrons. The largest absolute Gasteiger partial charge is 0.506 e. The van der Waals surface area contributed by atoms with Crippen LogP contribution in [0, 0.1) is 20.8 Å². The summed E-state index contributed by atoms with van der Waals surface area (Å²) in [5.74, 6) is 0.356. The average molecular weight is 399 g/mol. The highest BCUT2D eigenvalue weighted by atomic mass is 79.9. The molecule has 2 aromatic rings. The number of aryl methyl sites for hydroxylation is 3. The van der Waals surface area contributed by atoms with Crippen molar-refractivity contribution < 1.29 is 14.6 Å². The van der Waals surface area contributed by atoms with E-state index in [1.165, 1.54) is 0 Å². The van der Waals surface area contributed by atoms with Crippen LogP contribution in [-0.4, -0.2) is 17.6 Å². The Morgan fingerprint density at radius 2 is 1.91 bits per heavy atom. The first kappa shape index (κ1) is 17.6. The molecule has 0 saturated heterocycles. The molecule has 0 aliphatic carbocycles. The fourth-order valence-corrected chi connectivity index (χ4v) is 3.16. The maximum atomic E-state index is 12.0. The normalized spacial score (nSPS) is 10.5. The number of hydrogen-bond acceptors (Lipinski definition) is 3. The molecule has 2 N–H and O–H groups in total. The lowest BCUT2D eigenvalue weighted by atomic mass is 10.1. The highest BCUT2D eigenvalue weighted by molar-refractivity contribution is 9.10. The number of ether oxygens (including phenoxy) is 1. The summed E-state index contributed by atoms with van der Waals surface area (Å²) in [5.41, 5.74) is 3.15. The van der Waals surface area contributed by atoms with Crippen molar-refractivity contribution in [3.63, 3.8) is 0 Å². The van der Waals surface area contributed by atoms with Crippen molar-refractivity contribution in [1.82, 2.24) is 0 Å². The maximum Gasteiger partial charge on any atom is 0.262 e. The quantitative estimate of drug-likeness (QED) is 0.731. The van der Waals surface area contributed by atoms with E-state index in [0.29, 0.717) is 26.5 Å². The van der Waals surface area contributed by atoms with Gasteiger partial charge < -0.3 is 15.2 Å². The number of carbonyl (C=O) groups excluding carboxylic acids is 1. The molecule has 0 saturated carbocycles. The van der Waals surface area contributed by atoms with Crippen LogP contribution in [-0.2, 0) is 4.79 Å². The fraction of sp³-hybridized carbons (Fsp3) is 0.235. The van der Waals surface area contributed by atoms with Gasteiger partial charge in [0.1, 0.15) is 11.5 Å². The zero-order valence-electron chi connectivity index (χ0n) is 13.0. The van der Waals surface area contributed by atoms with Gasteiger partial charge in [0, 0.05) is 5.69 Å². The number of phenols is 1. The van der Waals surface area contributed by atoms with Gasteiger partial charge in [0.15, 0.2) is 6.61 Å². The second-order valence-corrected chi connectivity index (χ2v) is 6.61. The molecule has 0 atom stereocenters. The van der Waals surface area contributed by atoms with Crippen LogP contribution in [0.5, 0.6) is 11.5 Å². The van der Waals surface area contributed by atoms with E-state index in [1.54, 1.807) is 25.1 Å². The Bertz CT molecular complexity index is 715. The van der Waals surface area contributed by atoms with Gasteiger partial charge in [-0.2, -0.15) is 0 Å². The minimum Gasteiger partial charge on any atom is -0.506 e. The zero-order chi connectivity index (χ0) is 17.1. The lowest BCUT2D eigenvalue weighted by Gasteiger charge is -2.13. The number of hydrogen-bond donors (Lipinski definition) is 2. The Balaban J connectivity index is 2.04. The molecule has 0 unspecified atom stereocenters. The molecule has 6 heteroatoms. The van der Waals surface area contributed by atoms with Gasteiger partial charge in [-0.25, -0.2) is 0 Å². The van der Waals surface area contributed by atoms with Crippen LogP contribution >= 0.6 is 27.5 Å². The summed E-state index contributed by atoms with van der Waals surface area (Å²) in [5, 5.41) is 12.9. The first-order valence-corrected chi connectivity index (χ1v) is 8.13. The lowest BCUT2D eigenvalue weighted by molar-refractivity contribution is -0.118. The van der Waals surface area contributed by atoms with Gasteiger partial charge in [-0.1, -0.05) is 17.7 Å². The molecule has 122 valence electrons. The van der Waals surface area contributed by atoms with Crippen molar-refractivity contribution >= 4 is 39.1 Å². The van der Waals surface area contributed by atoms with Gasteiger partial charge in [0.25, 0.3) is 5.91 Å². The van der Waals surface area contributed by atoms with Crippen molar-refractivity contribution in [2.45, 2.75) is 20.8 Å². The molecular weight excluding hydrogens is 382 g/mol. The first-order valence-electron chi connectivity index (χ1n) is 6.96. The molecule has 0 aliphatic heterocycles. The molecule has 4 nitrogen and oxygen atoms in total. The Morgan fingerprint density at radius 1 is 1.22 bits per heavy atom. The van der Waals surface area contributed by atoms with E-state index < -0.39 is 0 Å². The number of benzene rings is 2. The van der Waals surface area contributed by atoms with Crippen LogP contribution in [0.2, 0.25) is 5.02 Å². The summed E-state index contributed by atoms with van der Waals surface area (Å²) in [6, 6.07) is 7.05. The van der Waals surface area contributed by atoms with Crippen LogP contribution < -0.4 is 10.1 Å². The topological polar surface area (TPSA) is 58.6 Å². The van der Waals surface area contributed by atoms with Crippen molar-refractivity contribution in [2.24, 2.45) is 0 Å². The summed E-state index contributed by atoms with van der Waals surface area (Å²) in [6.07, 6.45) is 0. The van der Waals surface area contributed by atoms with Crippen LogP contribution in [0.1, 0.15) is 16.7 Å². The predicted octanol–water partition coefficient (Wildman–Crippen LogP) is 4.75. The third kappa shape index (κ3) is 4.39. The molecule has 0 aromatic heterocycles. The Kier molecular flexibility index (Phi) is 5.55. The summed E-state index contributed by atoms with van der Waals surface area (Å²) < 4.78 is 6.06. The number of rotatable bonds is 4. The van der Waals surface area contributed by atoms with Gasteiger partial charge in [-0.05, 0) is 71.6 Å². The average Bonchev–Trinajstić information content (AvgIpc) is 2.43. The van der Waals surface area contributed by atoms with E-state index in [2.05, 4.69) is 21.2 Å². The van der Waals surface area contributed by atoms with Gasteiger partial charge in [-0.15, -0.1) is 0 Å². The second-order valence-electron chi connectivity index (χ2n) is 5.35. The van der Waals surface area contributed by atoms with Crippen molar-refractivity contribution in [2.75, 3.05) is 11.9 Å². The highest BCUT2D eigenvalue weighted by Crippen LogP contribution is 2.31. The maximum absolute atomic E-state index is 12.0. The lowest BCUT2D eigenvalue weighted by Crippen LogP contribution is -2.20. The predicted molar refractivity (Wildman–Crippen MR) is 95.6 cm³/mol. The zero-order valence-corrected chi connectivity index (χ0v) is 15.4. The summed E-state index contributed by atoms with van der Waals surface area (Å²) >= 11 is 9.39. The van der Waals surface area contributed by atoms with Gasteiger partial charge in [-0.3, -0.25) is 4.79 Å². The Hall–Kier alpha value is -1.72. The van der Waals surface area contributed by atoms with E-state index in [1.807, 2.05) is 19.9 Å². The van der Waals surface area contributed by atoms with Gasteiger partial charge >= 0.3 is 0 Å². The highest BCUT2D eigenvalue weighted by Gasteiger charge is 2.11. The molecule has 23 heavy (non-hydrogen) atoms. The monoisotopic (exact) mass is 397 g/mol. The SMILES string of the molecule is Cc1cc(C)c(OCC(=O)Nc2cc(C)c(O)c(Br)c2)c(Cl)c1. The fourth-order valence-electron chi connectivity index (χ4n) is 2.23. The summed E-state index contributed by atoms with van der Waals surface area (Å²) in [6.45, 7) is 5.43. The van der Waals surface area contributed by atoms with Crippen molar-refractivity contribution in [1.29, 1.82) is 0 Å². The Morgan fingerprint density at radius 3 is 2.52 bits per heavy atom. The molecule has 0 bridgehead atoms. The van der Waals surface area contributed by atoms with Crippen LogP contribution in [0.3, 0.4) is 0 Å². The second kappa shape index (κ2) is 7.23. The number of amides is 1. The smallest absolute Gasteiger partial charge is 0.262 e. The molecule has 2 aromatic carbocycles. The third-order valence-corrected chi connectivity index (χ3v) is 4.14. The van der Waals surface area contributed by atoms with Crippen molar-refractivity contribution in [3.05, 3.63) is 50.5 Å². The summed E-state index contributed by atoms with van der Waals surface area (Å²) in [4.78, 5) is 12.0. The standard InChI is InChI=1S/C17H17BrClNO3/c1-9-4-11(3)17(14(19)5-9)23-8-15(21)20-12-6-10(2)16(22)13(18)7-12/h4-7,22H,8H2,1-3H3,(H,20,21). The van der Waals surface area contributed by atoms with Crippen LogP contribution in [0.4, 0.5) is 5.69 Å². The van der Waals surface area contributed by atoms with Gasteiger partial charge in [0.05, 0.1) is 9.50 Å². The summed E-state index contributed by atoms with van der Waals surface area (Å²) in [7, 11) is 0. The number of anilines is 1. The van der Waals surface area contributed by atoms with Gasteiger partial charge in [0.2, 0.25) is 0 Å². The molecule has 0 spiro atoms. The molecular formula is C17H17BrClNO3. The van der Waals surface area contributed by atoms with E-state index in [9.17, 15) is 9.90 Å². The number of halogens is 2. The third-order valence-electron chi connectivity index (χ3n) is 3.26. The van der Waals surface area contributed by atoms with Crippen LogP contribution in [0.15, 0.2) is 28.7 Å². The molecule has 0 aliphatic rings. The molecule has 0 fully saturated rings. The number of nitrogens with one attached hydrogen (secondary N) is 1. The number of carbonyl (C=O) groups is 1.